The number of aliphatic hydroxyl groups is 1. The number of rotatable bonds is 3. The number of carbonyl (C=O) groups is 1. The molecule has 0 bridgehead atoms. The Bertz CT molecular complexity index is 317. The summed E-state index contributed by atoms with van der Waals surface area (Å²) in [7, 11) is 1.75. The largest absolute Gasteiger partial charge is 0.479 e. The van der Waals surface area contributed by atoms with Crippen molar-refractivity contribution >= 4 is 5.97 Å². The lowest BCUT2D eigenvalue weighted by Gasteiger charge is -2.17. The lowest BCUT2D eigenvalue weighted by atomic mass is 10.0. The van der Waals surface area contributed by atoms with Crippen molar-refractivity contribution in [2.75, 3.05) is 0 Å². The average molecular weight is 184 g/mol. The molecule has 0 aromatic carbocycles. The van der Waals surface area contributed by atoms with Gasteiger partial charge in [-0.1, -0.05) is 0 Å². The van der Waals surface area contributed by atoms with Crippen LogP contribution in [0.3, 0.4) is 0 Å². The second kappa shape index (κ2) is 3.18. The molecule has 1 aromatic rings. The Morgan fingerprint density at radius 3 is 2.77 bits per heavy atom. The summed E-state index contributed by atoms with van der Waals surface area (Å²) in [5.74, 6) is -1.23. The number of imidazole rings is 1. The molecular formula is C8H12N2O3. The molecule has 13 heavy (non-hydrogen) atoms. The highest BCUT2D eigenvalue weighted by Crippen LogP contribution is 2.12. The standard InChI is InChI=1S/C8H12N2O3/c1-8(13,7(11)12)3-6-4-9-5-10(6)2/h4-5,13H,3H2,1-2H3,(H,11,12). The van der Waals surface area contributed by atoms with Gasteiger partial charge in [0.1, 0.15) is 0 Å². The molecule has 1 aromatic heterocycles. The minimum absolute atomic E-state index is 0.0544. The van der Waals surface area contributed by atoms with Gasteiger partial charge >= 0.3 is 5.97 Å². The van der Waals surface area contributed by atoms with Gasteiger partial charge in [0.15, 0.2) is 5.60 Å². The lowest BCUT2D eigenvalue weighted by Crippen LogP contribution is -2.37. The van der Waals surface area contributed by atoms with Gasteiger partial charge in [0.25, 0.3) is 0 Å². The molecule has 1 heterocycles. The van der Waals surface area contributed by atoms with Crippen LogP contribution in [0.1, 0.15) is 12.6 Å². The van der Waals surface area contributed by atoms with Crippen LogP contribution in [-0.4, -0.2) is 31.3 Å². The van der Waals surface area contributed by atoms with Crippen LogP contribution in [0.2, 0.25) is 0 Å². The highest BCUT2D eigenvalue weighted by Gasteiger charge is 2.30. The fourth-order valence-electron chi connectivity index (χ4n) is 0.983. The van der Waals surface area contributed by atoms with Crippen molar-refractivity contribution in [1.82, 2.24) is 9.55 Å². The maximum Gasteiger partial charge on any atom is 0.335 e. The highest BCUT2D eigenvalue weighted by atomic mass is 16.4. The second-order valence-corrected chi connectivity index (χ2v) is 3.25. The minimum atomic E-state index is -1.73. The summed E-state index contributed by atoms with van der Waals surface area (Å²) in [5, 5.41) is 18.1. The van der Waals surface area contributed by atoms with Crippen LogP contribution in [0.5, 0.6) is 0 Å². The summed E-state index contributed by atoms with van der Waals surface area (Å²) in [4.78, 5) is 14.4. The number of aliphatic carboxylic acids is 1. The molecule has 2 N–H and O–H groups in total. The van der Waals surface area contributed by atoms with E-state index in [-0.39, 0.29) is 6.42 Å². The third-order valence-electron chi connectivity index (χ3n) is 1.90. The Kier molecular flexibility index (Phi) is 2.38. The fraction of sp³-hybridized carbons (Fsp3) is 0.500. The molecule has 72 valence electrons. The summed E-state index contributed by atoms with van der Waals surface area (Å²) in [6.07, 6.45) is 3.16. The quantitative estimate of drug-likeness (QED) is 0.682. The number of aromatic nitrogens is 2. The van der Waals surface area contributed by atoms with Crippen LogP contribution >= 0.6 is 0 Å². The lowest BCUT2D eigenvalue weighted by molar-refractivity contribution is -0.156. The molecule has 0 fully saturated rings. The van der Waals surface area contributed by atoms with Crippen molar-refractivity contribution in [3.05, 3.63) is 18.2 Å². The van der Waals surface area contributed by atoms with Gasteiger partial charge in [0.2, 0.25) is 0 Å². The molecule has 0 radical (unpaired) electrons. The summed E-state index contributed by atoms with van der Waals surface area (Å²) in [6.45, 7) is 1.27. The fourth-order valence-corrected chi connectivity index (χ4v) is 0.983. The molecule has 1 atom stereocenters. The maximum absolute atomic E-state index is 10.6. The third-order valence-corrected chi connectivity index (χ3v) is 1.90. The van der Waals surface area contributed by atoms with Crippen molar-refractivity contribution in [2.24, 2.45) is 7.05 Å². The summed E-state index contributed by atoms with van der Waals surface area (Å²) in [5.41, 5.74) is -1.04. The van der Waals surface area contributed by atoms with Crippen LogP contribution < -0.4 is 0 Å². The number of carboxylic acids is 1. The van der Waals surface area contributed by atoms with Gasteiger partial charge in [0.05, 0.1) is 6.33 Å². The molecule has 5 nitrogen and oxygen atoms in total. The topological polar surface area (TPSA) is 75.3 Å². The minimum Gasteiger partial charge on any atom is -0.479 e. The summed E-state index contributed by atoms with van der Waals surface area (Å²) >= 11 is 0. The zero-order valence-electron chi connectivity index (χ0n) is 7.56. The molecule has 0 spiro atoms. The Morgan fingerprint density at radius 2 is 2.38 bits per heavy atom. The van der Waals surface area contributed by atoms with E-state index < -0.39 is 11.6 Å². The molecule has 0 amide bonds. The summed E-state index contributed by atoms with van der Waals surface area (Å²) < 4.78 is 1.68. The Balaban J connectivity index is 2.80. The Morgan fingerprint density at radius 1 is 1.77 bits per heavy atom. The van der Waals surface area contributed by atoms with Gasteiger partial charge in [-0.15, -0.1) is 0 Å². The van der Waals surface area contributed by atoms with Crippen molar-refractivity contribution in [3.8, 4) is 0 Å². The first kappa shape index (κ1) is 9.73. The number of hydrogen-bond donors (Lipinski definition) is 2. The van der Waals surface area contributed by atoms with E-state index in [2.05, 4.69) is 4.98 Å². The highest BCUT2D eigenvalue weighted by molar-refractivity contribution is 5.76. The van der Waals surface area contributed by atoms with Gasteiger partial charge < -0.3 is 14.8 Å². The van der Waals surface area contributed by atoms with Crippen LogP contribution in [0.15, 0.2) is 12.5 Å². The van der Waals surface area contributed by atoms with Crippen LogP contribution in [-0.2, 0) is 18.3 Å². The first-order chi connectivity index (χ1) is 5.93. The second-order valence-electron chi connectivity index (χ2n) is 3.25. The number of hydrogen-bond acceptors (Lipinski definition) is 3. The Labute approximate surface area is 75.6 Å². The van der Waals surface area contributed by atoms with Crippen molar-refractivity contribution in [2.45, 2.75) is 18.9 Å². The molecule has 1 unspecified atom stereocenters. The molecule has 1 rings (SSSR count). The molecule has 0 aliphatic rings. The maximum atomic E-state index is 10.6. The first-order valence-corrected chi connectivity index (χ1v) is 3.84. The van der Waals surface area contributed by atoms with Gasteiger partial charge in [-0.05, 0) is 6.92 Å². The smallest absolute Gasteiger partial charge is 0.335 e. The number of aryl methyl sites for hydroxylation is 1. The molecule has 0 saturated heterocycles. The zero-order chi connectivity index (χ0) is 10.1. The van der Waals surface area contributed by atoms with Gasteiger partial charge in [-0.25, -0.2) is 9.78 Å². The average Bonchev–Trinajstić information content (AvgIpc) is 2.35. The van der Waals surface area contributed by atoms with Gasteiger partial charge in [-0.3, -0.25) is 0 Å². The van der Waals surface area contributed by atoms with E-state index >= 15 is 0 Å². The van der Waals surface area contributed by atoms with Crippen LogP contribution in [0.4, 0.5) is 0 Å². The van der Waals surface area contributed by atoms with Crippen LogP contribution in [0.25, 0.3) is 0 Å². The zero-order valence-corrected chi connectivity index (χ0v) is 7.56. The van der Waals surface area contributed by atoms with Crippen LogP contribution in [0, 0.1) is 0 Å². The van der Waals surface area contributed by atoms with Crippen molar-refractivity contribution < 1.29 is 15.0 Å². The number of nitrogens with zero attached hydrogens (tertiary/aromatic N) is 2. The van der Waals surface area contributed by atoms with Crippen molar-refractivity contribution in [3.63, 3.8) is 0 Å². The number of carboxylic acid groups (broad SMARTS) is 1. The van der Waals surface area contributed by atoms with E-state index in [1.54, 1.807) is 17.9 Å². The third kappa shape index (κ3) is 2.06. The molecular weight excluding hydrogens is 172 g/mol. The van der Waals surface area contributed by atoms with E-state index in [0.29, 0.717) is 5.69 Å². The van der Waals surface area contributed by atoms with Gasteiger partial charge in [0, 0.05) is 25.4 Å². The van der Waals surface area contributed by atoms with E-state index in [4.69, 9.17) is 5.11 Å². The first-order valence-electron chi connectivity index (χ1n) is 3.84. The van der Waals surface area contributed by atoms with Crippen molar-refractivity contribution in [1.29, 1.82) is 0 Å². The van der Waals surface area contributed by atoms with E-state index in [1.165, 1.54) is 13.1 Å². The SMILES string of the molecule is Cn1cncc1CC(C)(O)C(=O)O. The predicted octanol–water partition coefficient (Wildman–Crippen LogP) is -0.202. The molecule has 0 aliphatic carbocycles. The van der Waals surface area contributed by atoms with E-state index in [1.807, 2.05) is 0 Å². The predicted molar refractivity (Wildman–Crippen MR) is 45.2 cm³/mol. The monoisotopic (exact) mass is 184 g/mol. The normalized spacial score (nSPS) is 15.3. The van der Waals surface area contributed by atoms with E-state index in [9.17, 15) is 9.90 Å². The molecule has 0 aliphatic heterocycles. The summed E-state index contributed by atoms with van der Waals surface area (Å²) in [6, 6.07) is 0. The molecule has 5 heteroatoms. The van der Waals surface area contributed by atoms with E-state index in [0.717, 1.165) is 0 Å². The molecule has 0 saturated carbocycles. The Hall–Kier alpha value is -1.36. The van der Waals surface area contributed by atoms with Gasteiger partial charge in [-0.2, -0.15) is 0 Å².